The minimum absolute atomic E-state index is 0.00881. The van der Waals surface area contributed by atoms with Gasteiger partial charge in [0.2, 0.25) is 0 Å². The van der Waals surface area contributed by atoms with Crippen LogP contribution < -0.4 is 0 Å². The van der Waals surface area contributed by atoms with Gasteiger partial charge in [-0.25, -0.2) is 0 Å². The van der Waals surface area contributed by atoms with Crippen LogP contribution in [0.3, 0.4) is 0 Å². The second-order valence-electron chi connectivity index (χ2n) is 16.9. The fourth-order valence-corrected chi connectivity index (χ4v) is 7.26. The lowest BCUT2D eigenvalue weighted by Crippen LogP contribution is -2.29. The maximum absolute atomic E-state index is 12.6. The molecule has 0 aliphatic heterocycles. The van der Waals surface area contributed by atoms with E-state index in [2.05, 4.69) is 39.5 Å². The Morgan fingerprint density at radius 1 is 0.519 bits per heavy atom. The molecular formula is C46H91NO5. The number of rotatable bonds is 41. The molecule has 0 saturated carbocycles. The average molecular weight is 738 g/mol. The van der Waals surface area contributed by atoms with Gasteiger partial charge in [-0.15, -0.1) is 0 Å². The molecule has 0 rings (SSSR count). The number of nitrogens with zero attached hydrogens (tertiary/aromatic N) is 1. The van der Waals surface area contributed by atoms with Crippen LogP contribution in [-0.4, -0.2) is 61.4 Å². The molecule has 0 unspecified atom stereocenters. The molecular weight excluding hydrogens is 647 g/mol. The molecule has 0 amide bonds. The Kier molecular flexibility index (Phi) is 37.3. The monoisotopic (exact) mass is 738 g/mol. The van der Waals surface area contributed by atoms with Gasteiger partial charge in [0.15, 0.2) is 0 Å². The summed E-state index contributed by atoms with van der Waals surface area (Å²) in [4.78, 5) is 27.0. The predicted octanol–water partition coefficient (Wildman–Crippen LogP) is 13.2. The maximum Gasteiger partial charge on any atom is 0.305 e. The summed E-state index contributed by atoms with van der Waals surface area (Å²) in [6.45, 7) is 15.5. The zero-order valence-corrected chi connectivity index (χ0v) is 35.8. The van der Waals surface area contributed by atoms with Crippen LogP contribution in [0.5, 0.6) is 0 Å². The highest BCUT2D eigenvalue weighted by Crippen LogP contribution is 2.28. The van der Waals surface area contributed by atoms with Gasteiger partial charge in [0.1, 0.15) is 0 Å². The Balaban J connectivity index is 4.10. The summed E-state index contributed by atoms with van der Waals surface area (Å²) in [5.74, 6) is 0.487. The first-order chi connectivity index (χ1) is 25.3. The van der Waals surface area contributed by atoms with Crippen LogP contribution in [0, 0.1) is 11.3 Å². The zero-order valence-electron chi connectivity index (χ0n) is 35.8. The van der Waals surface area contributed by atoms with Crippen molar-refractivity contribution in [2.75, 3.05) is 39.5 Å². The van der Waals surface area contributed by atoms with Crippen LogP contribution in [0.4, 0.5) is 0 Å². The van der Waals surface area contributed by atoms with Gasteiger partial charge in [-0.3, -0.25) is 9.59 Å². The fourth-order valence-electron chi connectivity index (χ4n) is 7.26. The third-order valence-corrected chi connectivity index (χ3v) is 11.0. The predicted molar refractivity (Wildman–Crippen MR) is 223 cm³/mol. The van der Waals surface area contributed by atoms with Crippen molar-refractivity contribution in [2.45, 2.75) is 234 Å². The summed E-state index contributed by atoms with van der Waals surface area (Å²) in [6, 6.07) is 0. The van der Waals surface area contributed by atoms with E-state index in [4.69, 9.17) is 9.47 Å². The number of unbranched alkanes of at least 4 members (excludes halogenated alkanes) is 20. The molecule has 0 atom stereocenters. The molecule has 0 spiro atoms. The topological polar surface area (TPSA) is 76.1 Å². The number of esters is 2. The first-order valence-electron chi connectivity index (χ1n) is 22.9. The maximum atomic E-state index is 12.6. The highest BCUT2D eigenvalue weighted by Gasteiger charge is 2.18. The highest BCUT2D eigenvalue weighted by molar-refractivity contribution is 5.69. The largest absolute Gasteiger partial charge is 0.466 e. The van der Waals surface area contributed by atoms with Crippen LogP contribution in [0.1, 0.15) is 234 Å². The van der Waals surface area contributed by atoms with Crippen molar-refractivity contribution in [2.24, 2.45) is 11.3 Å². The molecule has 0 aromatic heterocycles. The fraction of sp³-hybridized carbons (Fsp3) is 0.957. The molecule has 0 bridgehead atoms. The third kappa shape index (κ3) is 35.9. The van der Waals surface area contributed by atoms with Gasteiger partial charge >= 0.3 is 11.9 Å². The SMILES string of the molecule is CCCCCCCCC(=O)OCCC(C)(C)CCCCCN(CCO)CCCCCCC(=O)OCC(CCCCCCCC)CCCCCCCC. The van der Waals surface area contributed by atoms with Crippen molar-refractivity contribution in [3.8, 4) is 0 Å². The molecule has 6 heteroatoms. The molecule has 6 nitrogen and oxygen atoms in total. The number of hydrogen-bond donors (Lipinski definition) is 1. The quantitative estimate of drug-likeness (QED) is 0.0497. The lowest BCUT2D eigenvalue weighted by molar-refractivity contribution is -0.146. The minimum Gasteiger partial charge on any atom is -0.466 e. The molecule has 0 aliphatic rings. The Labute approximate surface area is 324 Å². The molecule has 0 aromatic rings. The van der Waals surface area contributed by atoms with Crippen molar-refractivity contribution in [3.63, 3.8) is 0 Å². The van der Waals surface area contributed by atoms with Crippen LogP contribution in [0.2, 0.25) is 0 Å². The second-order valence-corrected chi connectivity index (χ2v) is 16.9. The Morgan fingerprint density at radius 2 is 0.942 bits per heavy atom. The van der Waals surface area contributed by atoms with Crippen molar-refractivity contribution in [3.05, 3.63) is 0 Å². The summed E-state index contributed by atoms with van der Waals surface area (Å²) in [6.07, 6.45) is 36.3. The Hall–Kier alpha value is -1.14. The van der Waals surface area contributed by atoms with Crippen LogP contribution in [0.15, 0.2) is 0 Å². The van der Waals surface area contributed by atoms with E-state index < -0.39 is 0 Å². The van der Waals surface area contributed by atoms with Gasteiger partial charge in [0.05, 0.1) is 19.8 Å². The van der Waals surface area contributed by atoms with E-state index in [1.54, 1.807) is 0 Å². The number of aliphatic hydroxyl groups excluding tert-OH is 1. The zero-order chi connectivity index (χ0) is 38.4. The molecule has 0 aromatic carbocycles. The van der Waals surface area contributed by atoms with Crippen molar-refractivity contribution < 1.29 is 24.2 Å². The Morgan fingerprint density at radius 3 is 1.44 bits per heavy atom. The lowest BCUT2D eigenvalue weighted by Gasteiger charge is -2.25. The molecule has 0 heterocycles. The van der Waals surface area contributed by atoms with Crippen molar-refractivity contribution in [1.29, 1.82) is 0 Å². The van der Waals surface area contributed by atoms with Crippen molar-refractivity contribution >= 4 is 11.9 Å². The number of hydrogen-bond acceptors (Lipinski definition) is 6. The molecule has 52 heavy (non-hydrogen) atoms. The number of carbonyl (C=O) groups excluding carboxylic acids is 2. The van der Waals surface area contributed by atoms with Crippen LogP contribution in [-0.2, 0) is 19.1 Å². The number of ether oxygens (including phenoxy) is 2. The van der Waals surface area contributed by atoms with E-state index in [9.17, 15) is 14.7 Å². The molecule has 0 fully saturated rings. The molecule has 0 radical (unpaired) electrons. The van der Waals surface area contributed by atoms with Crippen molar-refractivity contribution in [1.82, 2.24) is 4.90 Å². The Bertz CT molecular complexity index is 756. The number of aliphatic hydroxyl groups is 1. The van der Waals surface area contributed by atoms with E-state index in [0.717, 1.165) is 77.4 Å². The van der Waals surface area contributed by atoms with E-state index in [0.29, 0.717) is 32.0 Å². The lowest BCUT2D eigenvalue weighted by atomic mass is 9.84. The molecule has 0 saturated heterocycles. The summed E-state index contributed by atoms with van der Waals surface area (Å²) in [5.41, 5.74) is 0.181. The standard InChI is InChI=1S/C46H91NO5/c1-6-9-12-15-18-24-31-43(32-25-19-16-13-10-7-2)42-52-45(50)34-27-21-22-29-37-47(39-40-48)38-30-23-28-35-46(4,5)36-41-51-44(49)33-26-20-17-14-11-8-3/h43,48H,6-42H2,1-5H3. The number of carbonyl (C=O) groups is 2. The van der Waals surface area contributed by atoms with E-state index in [1.165, 1.54) is 128 Å². The first kappa shape index (κ1) is 50.9. The van der Waals surface area contributed by atoms with E-state index in [1.807, 2.05) is 0 Å². The van der Waals surface area contributed by atoms with Gasteiger partial charge < -0.3 is 19.5 Å². The smallest absolute Gasteiger partial charge is 0.305 e. The summed E-state index contributed by atoms with van der Waals surface area (Å²) in [5, 5.41) is 9.60. The van der Waals surface area contributed by atoms with E-state index >= 15 is 0 Å². The average Bonchev–Trinajstić information content (AvgIpc) is 3.12. The second kappa shape index (κ2) is 38.1. The molecule has 310 valence electrons. The van der Waals surface area contributed by atoms with Crippen LogP contribution in [0.25, 0.3) is 0 Å². The van der Waals surface area contributed by atoms with Gasteiger partial charge in [0.25, 0.3) is 0 Å². The van der Waals surface area contributed by atoms with Crippen LogP contribution >= 0.6 is 0 Å². The van der Waals surface area contributed by atoms with Gasteiger partial charge in [0, 0.05) is 19.4 Å². The molecule has 1 N–H and O–H groups in total. The summed E-state index contributed by atoms with van der Waals surface area (Å²) in [7, 11) is 0. The van der Waals surface area contributed by atoms with Gasteiger partial charge in [-0.1, -0.05) is 169 Å². The van der Waals surface area contributed by atoms with Gasteiger partial charge in [-0.05, 0) is 75.8 Å². The highest BCUT2D eigenvalue weighted by atomic mass is 16.5. The van der Waals surface area contributed by atoms with Gasteiger partial charge in [-0.2, -0.15) is 0 Å². The minimum atomic E-state index is -0.0332. The first-order valence-corrected chi connectivity index (χ1v) is 22.9. The molecule has 0 aliphatic carbocycles. The van der Waals surface area contributed by atoms with E-state index in [-0.39, 0.29) is 24.0 Å². The summed E-state index contributed by atoms with van der Waals surface area (Å²) < 4.78 is 11.4. The third-order valence-electron chi connectivity index (χ3n) is 11.0. The summed E-state index contributed by atoms with van der Waals surface area (Å²) >= 11 is 0. The normalized spacial score (nSPS) is 11.9.